The molecule has 0 aromatic heterocycles. The van der Waals surface area contributed by atoms with Crippen LogP contribution in [0.15, 0.2) is 30.3 Å². The summed E-state index contributed by atoms with van der Waals surface area (Å²) in [5, 5.41) is 12.6. The zero-order valence-corrected chi connectivity index (χ0v) is 8.65. The normalized spacial score (nSPS) is 10.5. The van der Waals surface area contributed by atoms with Crippen LogP contribution in [0.25, 0.3) is 10.8 Å². The lowest BCUT2D eigenvalue weighted by atomic mass is 10.00. The number of benzene rings is 2. The van der Waals surface area contributed by atoms with E-state index >= 15 is 0 Å². The summed E-state index contributed by atoms with van der Waals surface area (Å²) in [5.41, 5.74) is 2.33. The molecular weight excluding hydrogens is 190 g/mol. The minimum absolute atomic E-state index is 0.180. The fraction of sp³-hybridized carbons (Fsp3) is 0.167. The molecular formula is C12H11NO2. The molecule has 0 N–H and O–H groups in total. The number of nitro benzene ring substituents is 1. The van der Waals surface area contributed by atoms with Gasteiger partial charge in [-0.05, 0) is 36.4 Å². The first-order chi connectivity index (χ1) is 7.11. The highest BCUT2D eigenvalue weighted by Crippen LogP contribution is 2.29. The number of rotatable bonds is 1. The summed E-state index contributed by atoms with van der Waals surface area (Å²) in [5.74, 6) is 0. The molecule has 2 aromatic carbocycles. The second kappa shape index (κ2) is 3.35. The molecule has 0 fully saturated rings. The number of non-ortho nitro benzene ring substituents is 1. The van der Waals surface area contributed by atoms with Crippen molar-refractivity contribution in [2.75, 3.05) is 0 Å². The fourth-order valence-corrected chi connectivity index (χ4v) is 1.94. The quantitative estimate of drug-likeness (QED) is 0.524. The van der Waals surface area contributed by atoms with Crippen LogP contribution in [-0.4, -0.2) is 4.92 Å². The van der Waals surface area contributed by atoms with Crippen LogP contribution in [0.5, 0.6) is 0 Å². The van der Waals surface area contributed by atoms with E-state index in [9.17, 15) is 10.1 Å². The summed E-state index contributed by atoms with van der Waals surface area (Å²) in [7, 11) is 0. The average Bonchev–Trinajstić information content (AvgIpc) is 2.17. The molecule has 2 aromatic rings. The Labute approximate surface area is 87.5 Å². The lowest BCUT2D eigenvalue weighted by molar-refractivity contribution is -0.383. The van der Waals surface area contributed by atoms with E-state index in [0.29, 0.717) is 0 Å². The summed E-state index contributed by atoms with van der Waals surface area (Å²) in [6, 6.07) is 8.99. The van der Waals surface area contributed by atoms with E-state index in [1.165, 1.54) is 0 Å². The van der Waals surface area contributed by atoms with Crippen LogP contribution in [0.1, 0.15) is 11.1 Å². The lowest BCUT2D eigenvalue weighted by Crippen LogP contribution is -1.92. The molecule has 0 saturated carbocycles. The predicted molar refractivity (Wildman–Crippen MR) is 60.1 cm³/mol. The standard InChI is InChI=1S/C12H11NO2/c1-8-4-3-5-10-11(13(14)15)7-6-9(2)12(8)10/h3-7H,1-2H3. The Kier molecular flexibility index (Phi) is 2.15. The molecule has 0 saturated heterocycles. The maximum atomic E-state index is 10.8. The van der Waals surface area contributed by atoms with Crippen molar-refractivity contribution in [1.82, 2.24) is 0 Å². The van der Waals surface area contributed by atoms with Gasteiger partial charge in [-0.15, -0.1) is 0 Å². The molecule has 0 radical (unpaired) electrons. The van der Waals surface area contributed by atoms with E-state index in [4.69, 9.17) is 0 Å². The number of nitro groups is 1. The fourth-order valence-electron chi connectivity index (χ4n) is 1.94. The van der Waals surface area contributed by atoms with Gasteiger partial charge < -0.3 is 0 Å². The van der Waals surface area contributed by atoms with Crippen LogP contribution in [0, 0.1) is 24.0 Å². The van der Waals surface area contributed by atoms with Gasteiger partial charge in [-0.1, -0.05) is 18.2 Å². The van der Waals surface area contributed by atoms with Crippen LogP contribution in [0.4, 0.5) is 5.69 Å². The van der Waals surface area contributed by atoms with Crippen LogP contribution < -0.4 is 0 Å². The first kappa shape index (κ1) is 9.65. The Morgan fingerprint density at radius 3 is 2.40 bits per heavy atom. The lowest BCUT2D eigenvalue weighted by Gasteiger charge is -2.05. The molecule has 0 unspecified atom stereocenters. The van der Waals surface area contributed by atoms with Crippen molar-refractivity contribution >= 4 is 16.5 Å². The topological polar surface area (TPSA) is 43.1 Å². The maximum absolute atomic E-state index is 10.8. The second-order valence-corrected chi connectivity index (χ2v) is 3.66. The molecule has 0 aliphatic heterocycles. The van der Waals surface area contributed by atoms with Crippen molar-refractivity contribution in [1.29, 1.82) is 0 Å². The summed E-state index contributed by atoms with van der Waals surface area (Å²) in [6.07, 6.45) is 0. The molecule has 2 rings (SSSR count). The van der Waals surface area contributed by atoms with Gasteiger partial charge in [0.2, 0.25) is 0 Å². The highest BCUT2D eigenvalue weighted by atomic mass is 16.6. The van der Waals surface area contributed by atoms with Gasteiger partial charge in [0, 0.05) is 6.07 Å². The van der Waals surface area contributed by atoms with Crippen LogP contribution in [0.3, 0.4) is 0 Å². The zero-order chi connectivity index (χ0) is 11.0. The van der Waals surface area contributed by atoms with Crippen molar-refractivity contribution < 1.29 is 4.92 Å². The first-order valence-electron chi connectivity index (χ1n) is 4.74. The number of nitrogens with zero attached hydrogens (tertiary/aromatic N) is 1. The van der Waals surface area contributed by atoms with Crippen molar-refractivity contribution in [3.05, 3.63) is 51.6 Å². The molecule has 3 heteroatoms. The third-order valence-electron chi connectivity index (χ3n) is 2.63. The number of fused-ring (bicyclic) bond motifs is 1. The van der Waals surface area contributed by atoms with Gasteiger partial charge in [-0.3, -0.25) is 10.1 Å². The third kappa shape index (κ3) is 1.46. The van der Waals surface area contributed by atoms with E-state index in [2.05, 4.69) is 0 Å². The highest BCUT2D eigenvalue weighted by Gasteiger charge is 2.13. The minimum Gasteiger partial charge on any atom is -0.258 e. The largest absolute Gasteiger partial charge is 0.277 e. The molecule has 0 spiro atoms. The summed E-state index contributed by atoms with van der Waals surface area (Å²) >= 11 is 0. The van der Waals surface area contributed by atoms with E-state index in [1.807, 2.05) is 26.0 Å². The van der Waals surface area contributed by atoms with Crippen LogP contribution in [-0.2, 0) is 0 Å². The molecule has 0 aliphatic rings. The first-order valence-corrected chi connectivity index (χ1v) is 4.74. The molecule has 0 amide bonds. The Hall–Kier alpha value is -1.90. The van der Waals surface area contributed by atoms with E-state index in [0.717, 1.165) is 21.9 Å². The Morgan fingerprint density at radius 1 is 1.07 bits per heavy atom. The predicted octanol–water partition coefficient (Wildman–Crippen LogP) is 3.36. The molecule has 3 nitrogen and oxygen atoms in total. The smallest absolute Gasteiger partial charge is 0.258 e. The van der Waals surface area contributed by atoms with Gasteiger partial charge in [0.05, 0.1) is 10.3 Å². The van der Waals surface area contributed by atoms with Crippen molar-refractivity contribution in [2.45, 2.75) is 13.8 Å². The molecule has 0 bridgehead atoms. The van der Waals surface area contributed by atoms with Gasteiger partial charge in [-0.25, -0.2) is 0 Å². The van der Waals surface area contributed by atoms with E-state index < -0.39 is 0 Å². The van der Waals surface area contributed by atoms with Crippen molar-refractivity contribution in [2.24, 2.45) is 0 Å². The summed E-state index contributed by atoms with van der Waals surface area (Å²) in [4.78, 5) is 10.5. The van der Waals surface area contributed by atoms with E-state index in [1.54, 1.807) is 18.2 Å². The number of hydrogen-bond donors (Lipinski definition) is 0. The maximum Gasteiger partial charge on any atom is 0.277 e. The van der Waals surface area contributed by atoms with Crippen LogP contribution >= 0.6 is 0 Å². The number of aryl methyl sites for hydroxylation is 2. The monoisotopic (exact) mass is 201 g/mol. The average molecular weight is 201 g/mol. The van der Waals surface area contributed by atoms with E-state index in [-0.39, 0.29) is 10.6 Å². The van der Waals surface area contributed by atoms with Crippen molar-refractivity contribution in [3.63, 3.8) is 0 Å². The van der Waals surface area contributed by atoms with Gasteiger partial charge in [0.1, 0.15) is 0 Å². The third-order valence-corrected chi connectivity index (χ3v) is 2.63. The van der Waals surface area contributed by atoms with Gasteiger partial charge >= 0.3 is 0 Å². The molecule has 76 valence electrons. The Bertz CT molecular complexity index is 538. The van der Waals surface area contributed by atoms with Crippen molar-refractivity contribution in [3.8, 4) is 0 Å². The van der Waals surface area contributed by atoms with Gasteiger partial charge in [-0.2, -0.15) is 0 Å². The summed E-state index contributed by atoms with van der Waals surface area (Å²) in [6.45, 7) is 3.94. The zero-order valence-electron chi connectivity index (χ0n) is 8.65. The van der Waals surface area contributed by atoms with Crippen LogP contribution in [0.2, 0.25) is 0 Å². The molecule has 0 atom stereocenters. The summed E-state index contributed by atoms with van der Waals surface area (Å²) < 4.78 is 0. The Morgan fingerprint density at radius 2 is 1.73 bits per heavy atom. The van der Waals surface area contributed by atoms with Gasteiger partial charge in [0.25, 0.3) is 5.69 Å². The molecule has 0 aliphatic carbocycles. The molecule has 0 heterocycles. The minimum atomic E-state index is -0.332. The molecule has 15 heavy (non-hydrogen) atoms. The number of hydrogen-bond acceptors (Lipinski definition) is 2. The second-order valence-electron chi connectivity index (χ2n) is 3.66. The Balaban J connectivity index is 2.95. The van der Waals surface area contributed by atoms with Gasteiger partial charge in [0.15, 0.2) is 0 Å². The SMILES string of the molecule is Cc1cccc2c([N+](=O)[O-])ccc(C)c12. The highest BCUT2D eigenvalue weighted by molar-refractivity contribution is 5.95.